The third kappa shape index (κ3) is 2.39. The molecule has 1 saturated carbocycles. The second kappa shape index (κ2) is 6.62. The van der Waals surface area contributed by atoms with Gasteiger partial charge in [-0.2, -0.15) is 0 Å². The highest BCUT2D eigenvalue weighted by Gasteiger charge is 2.80. The number of hydrogen-bond acceptors (Lipinski definition) is 7. The van der Waals surface area contributed by atoms with Gasteiger partial charge < -0.3 is 28.4 Å². The predicted molar refractivity (Wildman–Crippen MR) is 110 cm³/mol. The molecule has 31 heavy (non-hydrogen) atoms. The Balaban J connectivity index is 1.58. The van der Waals surface area contributed by atoms with Crippen LogP contribution in [0.5, 0.6) is 17.2 Å². The van der Waals surface area contributed by atoms with Gasteiger partial charge in [0.05, 0.1) is 46.4 Å². The van der Waals surface area contributed by atoms with Crippen LogP contribution in [0.4, 0.5) is 0 Å². The molecule has 7 nitrogen and oxygen atoms in total. The van der Waals surface area contributed by atoms with Gasteiger partial charge in [-0.05, 0) is 43.7 Å². The zero-order valence-corrected chi connectivity index (χ0v) is 18.2. The second-order valence-corrected chi connectivity index (χ2v) is 9.12. The topological polar surface area (TPSA) is 72.5 Å². The fourth-order valence-corrected chi connectivity index (χ4v) is 6.58. The van der Waals surface area contributed by atoms with Crippen LogP contribution >= 0.6 is 0 Å². The Morgan fingerprint density at radius 1 is 1.03 bits per heavy atom. The predicted octanol–water partition coefficient (Wildman–Crippen LogP) is 3.13. The lowest BCUT2D eigenvalue weighted by molar-refractivity contribution is -0.233. The van der Waals surface area contributed by atoms with Crippen molar-refractivity contribution in [3.8, 4) is 17.2 Å². The smallest absolute Gasteiger partial charge is 0.313 e. The van der Waals surface area contributed by atoms with Crippen LogP contribution in [0.15, 0.2) is 12.1 Å². The molecule has 0 aromatic heterocycles. The molecule has 3 heterocycles. The zero-order chi connectivity index (χ0) is 21.4. The van der Waals surface area contributed by atoms with E-state index in [4.69, 9.17) is 28.4 Å². The van der Waals surface area contributed by atoms with Crippen molar-refractivity contribution in [1.29, 1.82) is 0 Å². The minimum Gasteiger partial charge on any atom is -0.493 e. The van der Waals surface area contributed by atoms with Crippen molar-refractivity contribution in [2.24, 2.45) is 17.8 Å². The van der Waals surface area contributed by atoms with Crippen LogP contribution in [0.1, 0.15) is 36.8 Å². The van der Waals surface area contributed by atoms with Crippen molar-refractivity contribution in [3.05, 3.63) is 23.3 Å². The molecule has 2 spiro atoms. The Bertz CT molecular complexity index is 977. The minimum atomic E-state index is -0.774. The third-order valence-electron chi connectivity index (χ3n) is 7.78. The molecule has 0 unspecified atom stereocenters. The highest BCUT2D eigenvalue weighted by atomic mass is 16.7. The van der Waals surface area contributed by atoms with Crippen LogP contribution in [0.25, 0.3) is 5.57 Å². The molecular weight excluding hydrogens is 400 g/mol. The average Bonchev–Trinajstić information content (AvgIpc) is 3.48. The molecule has 1 aromatic rings. The maximum Gasteiger partial charge on any atom is 0.313 e. The van der Waals surface area contributed by atoms with Crippen LogP contribution in [-0.4, -0.2) is 51.9 Å². The Kier molecular flexibility index (Phi) is 4.15. The number of ether oxygens (including phenoxy) is 6. The SMILES string of the molecule is COc1cc2c(c(OC)c1OC)C1=C[C@H]3C[C@H]4[C@H](C45OCCCO5)[C@]1(CCC2)OC3=O. The fourth-order valence-electron chi connectivity index (χ4n) is 6.58. The summed E-state index contributed by atoms with van der Waals surface area (Å²) in [6, 6.07) is 2.03. The zero-order valence-electron chi connectivity index (χ0n) is 18.2. The fraction of sp³-hybridized carbons (Fsp3) is 0.625. The van der Waals surface area contributed by atoms with Gasteiger partial charge in [-0.15, -0.1) is 0 Å². The van der Waals surface area contributed by atoms with Gasteiger partial charge in [0.15, 0.2) is 17.3 Å². The first-order valence-electron chi connectivity index (χ1n) is 11.1. The van der Waals surface area contributed by atoms with E-state index in [9.17, 15) is 4.79 Å². The molecule has 1 aromatic carbocycles. The minimum absolute atomic E-state index is 0.00764. The van der Waals surface area contributed by atoms with Crippen LogP contribution in [0, 0.1) is 17.8 Å². The molecule has 0 radical (unpaired) electrons. The van der Waals surface area contributed by atoms with Crippen molar-refractivity contribution < 1.29 is 33.2 Å². The molecule has 7 rings (SSSR count). The van der Waals surface area contributed by atoms with Crippen molar-refractivity contribution >= 4 is 11.5 Å². The van der Waals surface area contributed by atoms with E-state index in [0.29, 0.717) is 36.9 Å². The van der Waals surface area contributed by atoms with Gasteiger partial charge in [-0.25, -0.2) is 0 Å². The van der Waals surface area contributed by atoms with Crippen LogP contribution in [-0.2, 0) is 25.4 Å². The second-order valence-electron chi connectivity index (χ2n) is 9.12. The van der Waals surface area contributed by atoms with Gasteiger partial charge in [-0.3, -0.25) is 4.79 Å². The first-order chi connectivity index (χ1) is 15.1. The lowest BCUT2D eigenvalue weighted by Gasteiger charge is -2.41. The summed E-state index contributed by atoms with van der Waals surface area (Å²) in [7, 11) is 4.89. The van der Waals surface area contributed by atoms with Gasteiger partial charge >= 0.3 is 5.97 Å². The number of rotatable bonds is 3. The summed E-state index contributed by atoms with van der Waals surface area (Å²) in [5.41, 5.74) is 2.33. The molecule has 2 saturated heterocycles. The summed E-state index contributed by atoms with van der Waals surface area (Å²) in [6.45, 7) is 1.37. The van der Waals surface area contributed by atoms with Crippen LogP contribution in [0.2, 0.25) is 0 Å². The van der Waals surface area contributed by atoms with E-state index in [0.717, 1.165) is 42.4 Å². The number of aryl methyl sites for hydroxylation is 1. The summed E-state index contributed by atoms with van der Waals surface area (Å²) in [5, 5.41) is 0. The van der Waals surface area contributed by atoms with E-state index >= 15 is 0 Å². The molecule has 4 atom stereocenters. The highest BCUT2D eigenvalue weighted by molar-refractivity contribution is 5.92. The number of esters is 1. The van der Waals surface area contributed by atoms with E-state index in [1.54, 1.807) is 21.3 Å². The number of carbonyl (C=O) groups excluding carboxylic acids is 1. The number of carbonyl (C=O) groups is 1. The maximum absolute atomic E-state index is 12.9. The number of hydrogen-bond donors (Lipinski definition) is 0. The summed E-state index contributed by atoms with van der Waals surface area (Å²) < 4.78 is 36.0. The van der Waals surface area contributed by atoms with Gasteiger partial charge in [0.1, 0.15) is 5.60 Å². The summed E-state index contributed by atoms with van der Waals surface area (Å²) >= 11 is 0. The van der Waals surface area contributed by atoms with Gasteiger partial charge in [0, 0.05) is 17.1 Å². The average molecular weight is 428 g/mol. The van der Waals surface area contributed by atoms with Crippen LogP contribution < -0.4 is 14.2 Å². The van der Waals surface area contributed by atoms with E-state index in [2.05, 4.69) is 6.08 Å². The molecular formula is C24H28O7. The first kappa shape index (κ1) is 19.4. The Morgan fingerprint density at radius 3 is 2.52 bits per heavy atom. The maximum atomic E-state index is 12.9. The molecule has 6 aliphatic rings. The number of benzene rings is 1. The van der Waals surface area contributed by atoms with Crippen molar-refractivity contribution in [2.75, 3.05) is 34.5 Å². The van der Waals surface area contributed by atoms with E-state index in [1.807, 2.05) is 6.07 Å². The molecule has 3 aliphatic carbocycles. The Labute approximate surface area is 181 Å². The summed E-state index contributed by atoms with van der Waals surface area (Å²) in [6.07, 6.45) is 6.15. The molecule has 3 fully saturated rings. The highest BCUT2D eigenvalue weighted by Crippen LogP contribution is 2.71. The molecule has 2 bridgehead atoms. The standard InChI is InChI=1S/C24H28O7/c1-26-17-12-13-6-4-7-23-15(18(13)20(28-3)19(17)27-2)10-14(22(25)31-23)11-16-21(23)24(16)29-8-5-9-30-24/h10,12,14,16,21H,4-9,11H2,1-3H3/t14-,16-,21-,23+/m0/s1. The van der Waals surface area contributed by atoms with Gasteiger partial charge in [0.2, 0.25) is 5.75 Å². The third-order valence-corrected chi connectivity index (χ3v) is 7.78. The van der Waals surface area contributed by atoms with Crippen LogP contribution in [0.3, 0.4) is 0 Å². The number of methoxy groups -OCH3 is 3. The molecule has 166 valence electrons. The molecule has 7 heteroatoms. The van der Waals surface area contributed by atoms with Crippen molar-refractivity contribution in [2.45, 2.75) is 43.5 Å². The van der Waals surface area contributed by atoms with Gasteiger partial charge in [0.25, 0.3) is 0 Å². The van der Waals surface area contributed by atoms with E-state index < -0.39 is 11.4 Å². The number of fused-ring (bicyclic) bond motifs is 2. The van der Waals surface area contributed by atoms with E-state index in [-0.39, 0.29) is 23.7 Å². The Morgan fingerprint density at radius 2 is 1.81 bits per heavy atom. The lowest BCUT2D eigenvalue weighted by Crippen LogP contribution is -2.47. The monoisotopic (exact) mass is 428 g/mol. The summed E-state index contributed by atoms with van der Waals surface area (Å²) in [4.78, 5) is 12.9. The molecule has 3 aliphatic heterocycles. The largest absolute Gasteiger partial charge is 0.493 e. The first-order valence-corrected chi connectivity index (χ1v) is 11.1. The van der Waals surface area contributed by atoms with Crippen molar-refractivity contribution in [3.63, 3.8) is 0 Å². The quantitative estimate of drug-likeness (QED) is 0.685. The summed E-state index contributed by atoms with van der Waals surface area (Å²) in [5.74, 6) is 0.901. The van der Waals surface area contributed by atoms with Crippen molar-refractivity contribution in [1.82, 2.24) is 0 Å². The molecule has 0 amide bonds. The van der Waals surface area contributed by atoms with E-state index in [1.165, 1.54) is 0 Å². The lowest BCUT2D eigenvalue weighted by atomic mass is 9.78. The molecule has 0 N–H and O–H groups in total. The Hall–Kier alpha value is -2.25. The normalized spacial score (nSPS) is 34.4. The van der Waals surface area contributed by atoms with Gasteiger partial charge in [-0.1, -0.05) is 6.08 Å².